The molecule has 1 N–H and O–H groups in total. The van der Waals surface area contributed by atoms with Crippen LogP contribution in [0.25, 0.3) is 5.57 Å². The highest BCUT2D eigenvalue weighted by Crippen LogP contribution is 2.32. The molecule has 3 heteroatoms. The van der Waals surface area contributed by atoms with Crippen molar-refractivity contribution in [2.75, 3.05) is 5.75 Å². The van der Waals surface area contributed by atoms with Crippen LogP contribution in [0.4, 0.5) is 0 Å². The molecule has 2 nitrogen and oxygen atoms in total. The number of rotatable bonds is 3. The fourth-order valence-corrected chi connectivity index (χ4v) is 2.88. The lowest BCUT2D eigenvalue weighted by atomic mass is 10.00. The highest BCUT2D eigenvalue weighted by molar-refractivity contribution is 7.99. The van der Waals surface area contributed by atoms with Crippen LogP contribution >= 0.6 is 11.8 Å². The number of thioether (sulfide) groups is 1. The molecule has 2 rings (SSSR count). The van der Waals surface area contributed by atoms with Crippen molar-refractivity contribution in [3.05, 3.63) is 35.9 Å². The number of hydrogen-bond donors (Lipinski definition) is 1. The minimum atomic E-state index is -0.822. The average Bonchev–Trinajstić information content (AvgIpc) is 2.27. The number of aliphatic carboxylic acids is 1. The first-order valence-corrected chi connectivity index (χ1v) is 6.31. The summed E-state index contributed by atoms with van der Waals surface area (Å²) in [5.74, 6) is 0.361. The quantitative estimate of drug-likeness (QED) is 0.872. The van der Waals surface area contributed by atoms with Gasteiger partial charge in [0.2, 0.25) is 0 Å². The van der Waals surface area contributed by atoms with Gasteiger partial charge in [0.25, 0.3) is 0 Å². The Morgan fingerprint density at radius 3 is 3.06 bits per heavy atom. The number of carboxylic acids is 1. The summed E-state index contributed by atoms with van der Waals surface area (Å²) in [5, 5.41) is 8.72. The molecular formula is C13H14O2S. The lowest BCUT2D eigenvalue weighted by molar-refractivity contribution is -0.135. The normalized spacial score (nSPS) is 14.2. The zero-order valence-corrected chi connectivity index (χ0v) is 9.85. The Morgan fingerprint density at radius 2 is 2.31 bits per heavy atom. The minimum Gasteiger partial charge on any atom is -0.481 e. The van der Waals surface area contributed by atoms with E-state index in [4.69, 9.17) is 5.11 Å². The van der Waals surface area contributed by atoms with Crippen molar-refractivity contribution in [2.24, 2.45) is 0 Å². The maximum absolute atomic E-state index is 10.6. The summed E-state index contributed by atoms with van der Waals surface area (Å²) in [4.78, 5) is 11.9. The zero-order chi connectivity index (χ0) is 11.5. The highest BCUT2D eigenvalue weighted by atomic mass is 32.2. The minimum absolute atomic E-state index is 0.0198. The predicted molar refractivity (Wildman–Crippen MR) is 66.8 cm³/mol. The number of carbonyl (C=O) groups is 1. The van der Waals surface area contributed by atoms with Crippen molar-refractivity contribution < 1.29 is 9.90 Å². The summed E-state index contributed by atoms with van der Waals surface area (Å²) in [6.07, 6.45) is 2.31. The van der Waals surface area contributed by atoms with Crippen LogP contribution in [0.15, 0.2) is 29.7 Å². The SMILES string of the molecule is C=C(CC(=O)O)c1ccc2c(c1)CCCS2. The first-order chi connectivity index (χ1) is 7.66. The van der Waals surface area contributed by atoms with Crippen LogP contribution in [0.2, 0.25) is 0 Å². The number of hydrogen-bond acceptors (Lipinski definition) is 2. The molecule has 0 aromatic heterocycles. The molecule has 0 bridgehead atoms. The molecule has 0 spiro atoms. The molecule has 0 fully saturated rings. The van der Waals surface area contributed by atoms with E-state index in [2.05, 4.69) is 18.7 Å². The first-order valence-electron chi connectivity index (χ1n) is 5.32. The van der Waals surface area contributed by atoms with Crippen molar-refractivity contribution in [2.45, 2.75) is 24.2 Å². The summed E-state index contributed by atoms with van der Waals surface area (Å²) >= 11 is 1.88. The number of aryl methyl sites for hydroxylation is 1. The first kappa shape index (κ1) is 11.3. The molecule has 16 heavy (non-hydrogen) atoms. The second-order valence-electron chi connectivity index (χ2n) is 3.95. The highest BCUT2D eigenvalue weighted by Gasteiger charge is 2.11. The number of fused-ring (bicyclic) bond motifs is 1. The van der Waals surface area contributed by atoms with E-state index in [0.717, 1.165) is 12.0 Å². The molecule has 0 aliphatic carbocycles. The standard InChI is InChI=1S/C13H14O2S/c1-9(7-13(14)15)10-4-5-12-11(8-10)3-2-6-16-12/h4-5,8H,1-3,6-7H2,(H,14,15). The van der Waals surface area contributed by atoms with E-state index < -0.39 is 5.97 Å². The third-order valence-electron chi connectivity index (χ3n) is 2.68. The van der Waals surface area contributed by atoms with Gasteiger partial charge in [-0.2, -0.15) is 0 Å². The number of benzene rings is 1. The van der Waals surface area contributed by atoms with Gasteiger partial charge in [-0.15, -0.1) is 11.8 Å². The molecule has 84 valence electrons. The Morgan fingerprint density at radius 1 is 1.50 bits per heavy atom. The topological polar surface area (TPSA) is 37.3 Å². The Kier molecular flexibility index (Phi) is 3.34. The van der Waals surface area contributed by atoms with Crippen molar-refractivity contribution in [1.82, 2.24) is 0 Å². The molecule has 0 radical (unpaired) electrons. The lowest BCUT2D eigenvalue weighted by Gasteiger charge is -2.16. The van der Waals surface area contributed by atoms with Gasteiger partial charge in [-0.05, 0) is 41.4 Å². The molecule has 1 heterocycles. The summed E-state index contributed by atoms with van der Waals surface area (Å²) in [5.41, 5.74) is 2.98. The molecule has 1 aliphatic heterocycles. The third-order valence-corrected chi connectivity index (χ3v) is 3.88. The van der Waals surface area contributed by atoms with Gasteiger partial charge in [-0.25, -0.2) is 0 Å². The van der Waals surface area contributed by atoms with E-state index in [-0.39, 0.29) is 6.42 Å². The molecular weight excluding hydrogens is 220 g/mol. The Hall–Kier alpha value is -1.22. The van der Waals surface area contributed by atoms with E-state index in [1.165, 1.54) is 22.6 Å². The molecule has 0 amide bonds. The largest absolute Gasteiger partial charge is 0.481 e. The summed E-state index contributed by atoms with van der Waals surface area (Å²) in [6, 6.07) is 6.15. The molecule has 0 unspecified atom stereocenters. The maximum atomic E-state index is 10.6. The van der Waals surface area contributed by atoms with Crippen LogP contribution in [0, 0.1) is 0 Å². The van der Waals surface area contributed by atoms with Crippen LogP contribution in [0.5, 0.6) is 0 Å². The summed E-state index contributed by atoms with van der Waals surface area (Å²) in [6.45, 7) is 3.83. The Labute approximate surface area is 99.4 Å². The molecule has 1 aromatic rings. The van der Waals surface area contributed by atoms with Gasteiger partial charge in [-0.3, -0.25) is 4.79 Å². The van der Waals surface area contributed by atoms with Crippen molar-refractivity contribution >= 4 is 23.3 Å². The van der Waals surface area contributed by atoms with Gasteiger partial charge >= 0.3 is 5.97 Å². The van der Waals surface area contributed by atoms with Gasteiger partial charge in [0, 0.05) is 4.90 Å². The van der Waals surface area contributed by atoms with Crippen molar-refractivity contribution in [3.8, 4) is 0 Å². The number of carboxylic acid groups (broad SMARTS) is 1. The Bertz CT molecular complexity index is 438. The van der Waals surface area contributed by atoms with E-state index in [0.29, 0.717) is 5.57 Å². The second kappa shape index (κ2) is 4.74. The van der Waals surface area contributed by atoms with E-state index in [1.807, 2.05) is 17.8 Å². The van der Waals surface area contributed by atoms with Crippen LogP contribution in [-0.4, -0.2) is 16.8 Å². The summed E-state index contributed by atoms with van der Waals surface area (Å²) in [7, 11) is 0. The van der Waals surface area contributed by atoms with Crippen molar-refractivity contribution in [3.63, 3.8) is 0 Å². The fraction of sp³-hybridized carbons (Fsp3) is 0.308. The van der Waals surface area contributed by atoms with E-state index in [1.54, 1.807) is 0 Å². The van der Waals surface area contributed by atoms with Gasteiger partial charge in [0.1, 0.15) is 0 Å². The maximum Gasteiger partial charge on any atom is 0.307 e. The summed E-state index contributed by atoms with van der Waals surface area (Å²) < 4.78 is 0. The van der Waals surface area contributed by atoms with E-state index >= 15 is 0 Å². The van der Waals surface area contributed by atoms with Crippen LogP contribution in [0.1, 0.15) is 24.0 Å². The van der Waals surface area contributed by atoms with Gasteiger partial charge in [0.15, 0.2) is 0 Å². The van der Waals surface area contributed by atoms with Crippen molar-refractivity contribution in [1.29, 1.82) is 0 Å². The van der Waals surface area contributed by atoms with E-state index in [9.17, 15) is 4.79 Å². The van der Waals surface area contributed by atoms with Crippen LogP contribution < -0.4 is 0 Å². The van der Waals surface area contributed by atoms with Crippen LogP contribution in [-0.2, 0) is 11.2 Å². The fourth-order valence-electron chi connectivity index (χ4n) is 1.86. The average molecular weight is 234 g/mol. The third kappa shape index (κ3) is 2.47. The van der Waals surface area contributed by atoms with Gasteiger partial charge in [-0.1, -0.05) is 18.7 Å². The zero-order valence-electron chi connectivity index (χ0n) is 9.03. The van der Waals surface area contributed by atoms with Gasteiger partial charge in [0.05, 0.1) is 6.42 Å². The molecule has 0 saturated carbocycles. The second-order valence-corrected chi connectivity index (χ2v) is 5.09. The monoisotopic (exact) mass is 234 g/mol. The molecule has 1 aliphatic rings. The van der Waals surface area contributed by atoms with Crippen LogP contribution in [0.3, 0.4) is 0 Å². The van der Waals surface area contributed by atoms with Gasteiger partial charge < -0.3 is 5.11 Å². The predicted octanol–water partition coefficient (Wildman–Crippen LogP) is 3.21. The molecule has 1 aromatic carbocycles. The molecule has 0 saturated heterocycles. The Balaban J connectivity index is 2.23. The molecule has 0 atom stereocenters. The lowest BCUT2D eigenvalue weighted by Crippen LogP contribution is -2.01. The smallest absolute Gasteiger partial charge is 0.307 e.